The molecule has 0 saturated carbocycles. The Morgan fingerprint density at radius 1 is 1.38 bits per heavy atom. The molecule has 1 saturated heterocycles. The van der Waals surface area contributed by atoms with Crippen molar-refractivity contribution >= 4 is 0 Å². The van der Waals surface area contributed by atoms with Crippen molar-refractivity contribution in [3.63, 3.8) is 0 Å². The molecule has 1 nitrogen and oxygen atoms in total. The summed E-state index contributed by atoms with van der Waals surface area (Å²) >= 11 is 0. The van der Waals surface area contributed by atoms with Gasteiger partial charge in [0, 0.05) is 6.54 Å². The van der Waals surface area contributed by atoms with Crippen molar-refractivity contribution in [2.45, 2.75) is 26.2 Å². The van der Waals surface area contributed by atoms with Crippen LogP contribution in [-0.4, -0.2) is 24.5 Å². The Morgan fingerprint density at radius 2 is 2.15 bits per heavy atom. The topological polar surface area (TPSA) is 3.24 Å². The Morgan fingerprint density at radius 3 is 2.85 bits per heavy atom. The Kier molecular flexibility index (Phi) is 2.84. The van der Waals surface area contributed by atoms with E-state index in [-0.39, 0.29) is 0 Å². The van der Waals surface area contributed by atoms with Crippen LogP contribution < -0.4 is 0 Å². The molecule has 1 unspecified atom stereocenters. The van der Waals surface area contributed by atoms with Gasteiger partial charge in [-0.2, -0.15) is 0 Å². The highest BCUT2D eigenvalue weighted by molar-refractivity contribution is 5.25. The third-order valence-electron chi connectivity index (χ3n) is 2.94. The number of allylic oxidation sites excluding steroid dienone is 2. The van der Waals surface area contributed by atoms with E-state index in [0.717, 1.165) is 5.92 Å². The second-order valence-electron chi connectivity index (χ2n) is 4.34. The maximum atomic E-state index is 2.56. The maximum Gasteiger partial charge on any atom is 0.0230 e. The maximum absolute atomic E-state index is 2.56. The first-order valence-corrected chi connectivity index (χ1v) is 5.44. The molecule has 0 aromatic heterocycles. The highest BCUT2D eigenvalue weighted by Gasteiger charge is 2.13. The predicted octanol–water partition coefficient (Wildman–Crippen LogP) is 2.60. The van der Waals surface area contributed by atoms with Gasteiger partial charge in [-0.15, -0.1) is 0 Å². The summed E-state index contributed by atoms with van der Waals surface area (Å²) in [4.78, 5) is 2.56. The molecular weight excluding hydrogens is 158 g/mol. The van der Waals surface area contributed by atoms with Crippen LogP contribution in [-0.2, 0) is 0 Å². The third kappa shape index (κ3) is 2.44. The lowest BCUT2D eigenvalue weighted by Gasteiger charge is -2.18. The van der Waals surface area contributed by atoms with Crippen LogP contribution in [0.25, 0.3) is 0 Å². The Bertz CT molecular complexity index is 221. The van der Waals surface area contributed by atoms with Crippen molar-refractivity contribution in [3.8, 4) is 0 Å². The van der Waals surface area contributed by atoms with Gasteiger partial charge in [0.15, 0.2) is 0 Å². The van der Waals surface area contributed by atoms with Crippen LogP contribution in [0, 0.1) is 5.92 Å². The van der Waals surface area contributed by atoms with Crippen LogP contribution in [0.5, 0.6) is 0 Å². The van der Waals surface area contributed by atoms with Crippen LogP contribution in [0.3, 0.4) is 0 Å². The Hall–Kier alpha value is -0.560. The molecule has 1 heterocycles. The molecular formula is C12H19N. The fraction of sp³-hybridized carbons (Fsp3) is 0.667. The Labute approximate surface area is 81.1 Å². The normalized spacial score (nSPS) is 29.3. The van der Waals surface area contributed by atoms with Gasteiger partial charge in [-0.3, -0.25) is 4.90 Å². The number of hydrogen-bond acceptors (Lipinski definition) is 1. The van der Waals surface area contributed by atoms with E-state index in [1.54, 1.807) is 0 Å². The number of rotatable bonds is 2. The standard InChI is InChI=1S/C12H19N/c1-11-5-4-6-12(9-11)10-13-7-2-3-8-13/h4,6,9,11H,2-3,5,7-8,10H2,1H3. The number of hydrogen-bond donors (Lipinski definition) is 0. The van der Waals surface area contributed by atoms with Crippen LogP contribution in [0.4, 0.5) is 0 Å². The van der Waals surface area contributed by atoms with Gasteiger partial charge in [0.05, 0.1) is 0 Å². The molecule has 1 aliphatic carbocycles. The van der Waals surface area contributed by atoms with Gasteiger partial charge < -0.3 is 0 Å². The fourth-order valence-electron chi connectivity index (χ4n) is 2.23. The van der Waals surface area contributed by atoms with Gasteiger partial charge >= 0.3 is 0 Å². The highest BCUT2D eigenvalue weighted by Crippen LogP contribution is 2.18. The van der Waals surface area contributed by atoms with E-state index in [4.69, 9.17) is 0 Å². The van der Waals surface area contributed by atoms with E-state index in [1.165, 1.54) is 44.5 Å². The minimum atomic E-state index is 0.752. The molecule has 1 heteroatoms. The zero-order valence-electron chi connectivity index (χ0n) is 8.50. The second kappa shape index (κ2) is 4.10. The number of likely N-dealkylation sites (tertiary alicyclic amines) is 1. The summed E-state index contributed by atoms with van der Waals surface area (Å²) in [5.41, 5.74) is 1.53. The average Bonchev–Trinajstić information content (AvgIpc) is 2.57. The fourth-order valence-corrected chi connectivity index (χ4v) is 2.23. The van der Waals surface area contributed by atoms with Crippen LogP contribution in [0.1, 0.15) is 26.2 Å². The second-order valence-corrected chi connectivity index (χ2v) is 4.34. The van der Waals surface area contributed by atoms with Crippen molar-refractivity contribution in [1.82, 2.24) is 4.90 Å². The first kappa shape index (κ1) is 9.01. The van der Waals surface area contributed by atoms with Crippen molar-refractivity contribution in [3.05, 3.63) is 23.8 Å². The van der Waals surface area contributed by atoms with Gasteiger partial charge in [0.1, 0.15) is 0 Å². The lowest BCUT2D eigenvalue weighted by Crippen LogP contribution is -2.22. The van der Waals surface area contributed by atoms with E-state index in [0.29, 0.717) is 0 Å². The summed E-state index contributed by atoms with van der Waals surface area (Å²) in [6, 6.07) is 0. The van der Waals surface area contributed by atoms with E-state index >= 15 is 0 Å². The highest BCUT2D eigenvalue weighted by atomic mass is 15.1. The monoisotopic (exact) mass is 177 g/mol. The minimum Gasteiger partial charge on any atom is -0.299 e. The third-order valence-corrected chi connectivity index (χ3v) is 2.94. The summed E-state index contributed by atoms with van der Waals surface area (Å²) in [6.07, 6.45) is 11.1. The molecule has 1 aliphatic heterocycles. The molecule has 0 bridgehead atoms. The molecule has 13 heavy (non-hydrogen) atoms. The average molecular weight is 177 g/mol. The van der Waals surface area contributed by atoms with Gasteiger partial charge in [0.2, 0.25) is 0 Å². The summed E-state index contributed by atoms with van der Waals surface area (Å²) < 4.78 is 0. The lowest BCUT2D eigenvalue weighted by molar-refractivity contribution is 0.370. The molecule has 0 radical (unpaired) electrons. The van der Waals surface area contributed by atoms with E-state index in [2.05, 4.69) is 30.1 Å². The summed E-state index contributed by atoms with van der Waals surface area (Å²) in [7, 11) is 0. The van der Waals surface area contributed by atoms with Crippen LogP contribution in [0.15, 0.2) is 23.8 Å². The quantitative estimate of drug-likeness (QED) is 0.626. The molecule has 2 aliphatic rings. The summed E-state index contributed by atoms with van der Waals surface area (Å²) in [5.74, 6) is 0.752. The first-order valence-electron chi connectivity index (χ1n) is 5.44. The van der Waals surface area contributed by atoms with E-state index in [9.17, 15) is 0 Å². The smallest absolute Gasteiger partial charge is 0.0230 e. The molecule has 0 aromatic rings. The van der Waals surface area contributed by atoms with Gasteiger partial charge in [-0.25, -0.2) is 0 Å². The Balaban J connectivity index is 1.89. The minimum absolute atomic E-state index is 0.752. The predicted molar refractivity (Wildman–Crippen MR) is 56.7 cm³/mol. The zero-order valence-corrected chi connectivity index (χ0v) is 8.50. The van der Waals surface area contributed by atoms with Crippen LogP contribution >= 0.6 is 0 Å². The molecule has 2 rings (SSSR count). The van der Waals surface area contributed by atoms with Gasteiger partial charge in [-0.1, -0.05) is 25.2 Å². The summed E-state index contributed by atoms with van der Waals surface area (Å²) in [5, 5.41) is 0. The molecule has 1 atom stereocenters. The van der Waals surface area contributed by atoms with Crippen molar-refractivity contribution in [2.75, 3.05) is 19.6 Å². The van der Waals surface area contributed by atoms with E-state index < -0.39 is 0 Å². The molecule has 0 N–H and O–H groups in total. The van der Waals surface area contributed by atoms with Gasteiger partial charge in [-0.05, 0) is 43.8 Å². The van der Waals surface area contributed by atoms with Gasteiger partial charge in [0.25, 0.3) is 0 Å². The molecule has 0 amide bonds. The molecule has 0 spiro atoms. The molecule has 0 aromatic carbocycles. The molecule has 1 fully saturated rings. The lowest BCUT2D eigenvalue weighted by atomic mass is 9.98. The van der Waals surface area contributed by atoms with Crippen molar-refractivity contribution in [2.24, 2.45) is 5.92 Å². The van der Waals surface area contributed by atoms with Crippen molar-refractivity contribution < 1.29 is 0 Å². The number of nitrogens with zero attached hydrogens (tertiary/aromatic N) is 1. The van der Waals surface area contributed by atoms with E-state index in [1.807, 2.05) is 0 Å². The first-order chi connectivity index (χ1) is 6.34. The molecule has 72 valence electrons. The summed E-state index contributed by atoms with van der Waals surface area (Å²) in [6.45, 7) is 6.09. The van der Waals surface area contributed by atoms with Crippen molar-refractivity contribution in [1.29, 1.82) is 0 Å². The largest absolute Gasteiger partial charge is 0.299 e. The SMILES string of the molecule is CC1C=C(CN2CCCC2)C=CC1. The van der Waals surface area contributed by atoms with Crippen LogP contribution in [0.2, 0.25) is 0 Å². The zero-order chi connectivity index (χ0) is 9.10.